The van der Waals surface area contributed by atoms with Gasteiger partial charge in [0.15, 0.2) is 5.50 Å². The average molecular weight is 478 g/mol. The van der Waals surface area contributed by atoms with Crippen molar-refractivity contribution in [2.24, 2.45) is 5.92 Å². The molecule has 0 N–H and O–H groups in total. The van der Waals surface area contributed by atoms with Crippen LogP contribution in [0.25, 0.3) is 0 Å². The van der Waals surface area contributed by atoms with Crippen LogP contribution >= 0.6 is 27.7 Å². The number of alkyl halides is 3. The molecule has 0 fully saturated rings. The highest BCUT2D eigenvalue weighted by atomic mass is 79.9. The van der Waals surface area contributed by atoms with Gasteiger partial charge in [-0.2, -0.15) is 0 Å². The summed E-state index contributed by atoms with van der Waals surface area (Å²) in [5.74, 6) is -3.39. The van der Waals surface area contributed by atoms with Crippen LogP contribution in [-0.2, 0) is 0 Å². The molecule has 1 aliphatic rings. The standard InChI is InChI=1S/C20H20BrF4NOS/c1-20(24,25)7-6-12-11-26(14-5-3-4-13(22)8-14)16-9-15(21)17(27-2)10-18(16)28-19(12)23/h3-5,8-10,12,19H,6-7,11H2,1-2H3. The summed E-state index contributed by atoms with van der Waals surface area (Å²) in [5, 5.41) is 0. The zero-order valence-electron chi connectivity index (χ0n) is 15.4. The Labute approximate surface area is 174 Å². The third-order valence-electron chi connectivity index (χ3n) is 4.63. The number of hydrogen-bond acceptors (Lipinski definition) is 3. The third-order valence-corrected chi connectivity index (χ3v) is 6.44. The normalized spacial score (nSPS) is 19.9. The maximum Gasteiger partial charge on any atom is 0.245 e. The van der Waals surface area contributed by atoms with Crippen LogP contribution in [0.3, 0.4) is 0 Å². The summed E-state index contributed by atoms with van der Waals surface area (Å²) < 4.78 is 61.6. The number of ether oxygens (including phenoxy) is 1. The molecule has 0 aromatic heterocycles. The number of anilines is 2. The number of nitrogens with zero attached hydrogens (tertiary/aromatic N) is 1. The van der Waals surface area contributed by atoms with Gasteiger partial charge in [0.1, 0.15) is 11.6 Å². The van der Waals surface area contributed by atoms with E-state index in [4.69, 9.17) is 4.74 Å². The van der Waals surface area contributed by atoms with Gasteiger partial charge in [-0.25, -0.2) is 17.6 Å². The molecule has 28 heavy (non-hydrogen) atoms. The molecule has 8 heteroatoms. The van der Waals surface area contributed by atoms with E-state index in [1.807, 2.05) is 0 Å². The lowest BCUT2D eigenvalue weighted by Crippen LogP contribution is -2.29. The summed E-state index contributed by atoms with van der Waals surface area (Å²) in [4.78, 5) is 2.40. The smallest absolute Gasteiger partial charge is 0.245 e. The Balaban J connectivity index is 2.04. The minimum atomic E-state index is -2.86. The summed E-state index contributed by atoms with van der Waals surface area (Å²) in [6, 6.07) is 9.47. The number of rotatable bonds is 5. The van der Waals surface area contributed by atoms with E-state index in [-0.39, 0.29) is 13.0 Å². The highest BCUT2D eigenvalue weighted by molar-refractivity contribution is 9.10. The average Bonchev–Trinajstić information content (AvgIpc) is 2.75. The van der Waals surface area contributed by atoms with Crippen molar-refractivity contribution in [3.05, 3.63) is 46.7 Å². The van der Waals surface area contributed by atoms with Crippen LogP contribution < -0.4 is 9.64 Å². The molecular formula is C20H20BrF4NOS. The van der Waals surface area contributed by atoms with Gasteiger partial charge in [0.25, 0.3) is 0 Å². The second-order valence-corrected chi connectivity index (χ2v) is 8.86. The quantitative estimate of drug-likeness (QED) is 0.422. The maximum absolute atomic E-state index is 15.0. The van der Waals surface area contributed by atoms with Gasteiger partial charge in [-0.1, -0.05) is 17.8 Å². The van der Waals surface area contributed by atoms with Crippen LogP contribution in [0.5, 0.6) is 5.75 Å². The number of benzene rings is 2. The summed E-state index contributed by atoms with van der Waals surface area (Å²) in [7, 11) is 1.51. The topological polar surface area (TPSA) is 12.5 Å². The van der Waals surface area contributed by atoms with Gasteiger partial charge in [0, 0.05) is 29.5 Å². The number of hydrogen-bond donors (Lipinski definition) is 0. The molecule has 0 radical (unpaired) electrons. The lowest BCUT2D eigenvalue weighted by atomic mass is 10.0. The molecule has 2 nitrogen and oxygen atoms in total. The molecule has 0 spiro atoms. The Morgan fingerprint density at radius 3 is 2.68 bits per heavy atom. The lowest BCUT2D eigenvalue weighted by molar-refractivity contribution is 0.00550. The summed E-state index contributed by atoms with van der Waals surface area (Å²) >= 11 is 4.42. The predicted molar refractivity (Wildman–Crippen MR) is 108 cm³/mol. The third kappa shape index (κ3) is 4.95. The number of methoxy groups -OCH3 is 1. The van der Waals surface area contributed by atoms with Crippen molar-refractivity contribution in [3.8, 4) is 5.75 Å². The zero-order valence-corrected chi connectivity index (χ0v) is 17.8. The van der Waals surface area contributed by atoms with Gasteiger partial charge >= 0.3 is 0 Å². The Morgan fingerprint density at radius 1 is 1.29 bits per heavy atom. The second-order valence-electron chi connectivity index (χ2n) is 6.88. The van der Waals surface area contributed by atoms with Crippen LogP contribution in [0.15, 0.2) is 45.8 Å². The molecule has 3 rings (SSSR count). The fourth-order valence-electron chi connectivity index (χ4n) is 3.17. The van der Waals surface area contributed by atoms with Gasteiger partial charge < -0.3 is 9.64 Å². The number of fused-ring (bicyclic) bond motifs is 1. The molecule has 0 saturated heterocycles. The van der Waals surface area contributed by atoms with Crippen LogP contribution in [0, 0.1) is 11.7 Å². The fourth-order valence-corrected chi connectivity index (χ4v) is 4.78. The van der Waals surface area contributed by atoms with E-state index in [1.165, 1.54) is 19.2 Å². The first-order chi connectivity index (χ1) is 13.2. The van der Waals surface area contributed by atoms with E-state index in [0.717, 1.165) is 18.7 Å². The van der Waals surface area contributed by atoms with E-state index in [0.29, 0.717) is 26.5 Å². The number of halogens is 5. The van der Waals surface area contributed by atoms with Crippen molar-refractivity contribution in [1.82, 2.24) is 0 Å². The van der Waals surface area contributed by atoms with Gasteiger partial charge in [0.05, 0.1) is 17.3 Å². The van der Waals surface area contributed by atoms with Crippen LogP contribution in [0.1, 0.15) is 19.8 Å². The monoisotopic (exact) mass is 477 g/mol. The first-order valence-electron chi connectivity index (χ1n) is 8.77. The van der Waals surface area contributed by atoms with Crippen molar-refractivity contribution in [3.63, 3.8) is 0 Å². The largest absolute Gasteiger partial charge is 0.496 e. The summed E-state index contributed by atoms with van der Waals surface area (Å²) in [6.45, 7) is 1.00. The van der Waals surface area contributed by atoms with Gasteiger partial charge in [-0.05, 0) is 59.6 Å². The molecular weight excluding hydrogens is 458 g/mol. The van der Waals surface area contributed by atoms with Crippen molar-refractivity contribution in [2.45, 2.75) is 36.1 Å². The Hall–Kier alpha value is -1.41. The predicted octanol–water partition coefficient (Wildman–Crippen LogP) is 7.19. The highest BCUT2D eigenvalue weighted by Crippen LogP contribution is 2.48. The summed E-state index contributed by atoms with van der Waals surface area (Å²) in [6.07, 6.45) is -0.380. The first kappa shape index (κ1) is 21.3. The Bertz CT molecular complexity index is 845. The minimum Gasteiger partial charge on any atom is -0.496 e. The first-order valence-corrected chi connectivity index (χ1v) is 10.4. The van der Waals surface area contributed by atoms with Gasteiger partial charge in [-0.3, -0.25) is 0 Å². The zero-order chi connectivity index (χ0) is 20.5. The molecule has 0 saturated carbocycles. The molecule has 2 unspecified atom stereocenters. The van der Waals surface area contributed by atoms with Crippen LogP contribution in [-0.4, -0.2) is 25.1 Å². The van der Waals surface area contributed by atoms with E-state index in [1.54, 1.807) is 29.2 Å². The van der Waals surface area contributed by atoms with Gasteiger partial charge in [-0.15, -0.1) is 0 Å². The van der Waals surface area contributed by atoms with E-state index in [2.05, 4.69) is 15.9 Å². The molecule has 2 atom stereocenters. The van der Waals surface area contributed by atoms with Crippen LogP contribution in [0.4, 0.5) is 28.9 Å². The fraction of sp³-hybridized carbons (Fsp3) is 0.400. The maximum atomic E-state index is 15.0. The highest BCUT2D eigenvalue weighted by Gasteiger charge is 2.34. The molecule has 1 aliphatic heterocycles. The van der Waals surface area contributed by atoms with Crippen molar-refractivity contribution >= 4 is 39.1 Å². The minimum absolute atomic E-state index is 0.0236. The van der Waals surface area contributed by atoms with E-state index < -0.39 is 29.6 Å². The molecule has 0 amide bonds. The summed E-state index contributed by atoms with van der Waals surface area (Å²) in [5.41, 5.74) is -0.150. The molecule has 0 bridgehead atoms. The van der Waals surface area contributed by atoms with E-state index >= 15 is 4.39 Å². The van der Waals surface area contributed by atoms with Crippen molar-refractivity contribution < 1.29 is 22.3 Å². The SMILES string of the molecule is COc1cc2c(cc1Br)N(c1cccc(F)c1)CC(CCC(C)(F)F)C(F)S2. The van der Waals surface area contributed by atoms with Crippen LogP contribution in [0.2, 0.25) is 0 Å². The molecule has 1 heterocycles. The lowest BCUT2D eigenvalue weighted by Gasteiger charge is -2.29. The van der Waals surface area contributed by atoms with Gasteiger partial charge in [0.2, 0.25) is 5.92 Å². The molecule has 152 valence electrons. The molecule has 0 aliphatic carbocycles. The van der Waals surface area contributed by atoms with E-state index in [9.17, 15) is 13.2 Å². The second kappa shape index (κ2) is 8.53. The van der Waals surface area contributed by atoms with Crippen molar-refractivity contribution in [1.29, 1.82) is 0 Å². The Morgan fingerprint density at radius 2 is 2.04 bits per heavy atom. The van der Waals surface area contributed by atoms with Crippen molar-refractivity contribution in [2.75, 3.05) is 18.6 Å². The Kier molecular flexibility index (Phi) is 6.49. The number of thioether (sulfide) groups is 1. The molecule has 2 aromatic carbocycles. The molecule has 2 aromatic rings.